The maximum atomic E-state index is 11.5. The van der Waals surface area contributed by atoms with Crippen LogP contribution in [0.25, 0.3) is 0 Å². The van der Waals surface area contributed by atoms with Crippen molar-refractivity contribution in [3.63, 3.8) is 0 Å². The molecule has 0 aromatic rings. The van der Waals surface area contributed by atoms with Gasteiger partial charge in [0.25, 0.3) is 0 Å². The lowest BCUT2D eigenvalue weighted by molar-refractivity contribution is -0.172. The fraction of sp³-hybridized carbons (Fsp3) is 1.00. The summed E-state index contributed by atoms with van der Waals surface area (Å²) in [5.41, 5.74) is 0. The van der Waals surface area contributed by atoms with Gasteiger partial charge in [0, 0.05) is 11.5 Å². The van der Waals surface area contributed by atoms with Crippen LogP contribution in [0.5, 0.6) is 0 Å². The molecule has 0 saturated carbocycles. The van der Waals surface area contributed by atoms with Gasteiger partial charge < -0.3 is 14.9 Å². The van der Waals surface area contributed by atoms with E-state index in [4.69, 9.17) is 10.2 Å². The first-order valence-electron chi connectivity index (χ1n) is 3.97. The van der Waals surface area contributed by atoms with Crippen LogP contribution in [0, 0.1) is 0 Å². The van der Waals surface area contributed by atoms with Gasteiger partial charge in [-0.1, -0.05) is 0 Å². The smallest absolute Gasteiger partial charge is 0.394 e. The van der Waals surface area contributed by atoms with E-state index in [1.807, 2.05) is 0 Å². The van der Waals surface area contributed by atoms with Crippen molar-refractivity contribution < 1.29 is 28.1 Å². The van der Waals surface area contributed by atoms with Gasteiger partial charge in [-0.3, -0.25) is 0 Å². The summed E-state index contributed by atoms with van der Waals surface area (Å²) in [4.78, 5) is 0. The zero-order valence-corrected chi connectivity index (χ0v) is 8.27. The summed E-state index contributed by atoms with van der Waals surface area (Å²) in [5.74, 6) is 0.666. The summed E-state index contributed by atoms with van der Waals surface area (Å²) in [6.07, 6.45) is -5.10. The molecule has 2 N–H and O–H groups in total. The van der Waals surface area contributed by atoms with Gasteiger partial charge >= 0.3 is 6.18 Å². The SMILES string of the molecule is OCC(O)CSCCOCC(F)(F)F. The van der Waals surface area contributed by atoms with Gasteiger partial charge in [-0.15, -0.1) is 0 Å². The molecule has 3 nitrogen and oxygen atoms in total. The molecular weight excluding hydrogens is 221 g/mol. The number of thioether (sulfide) groups is 1. The van der Waals surface area contributed by atoms with Crippen molar-refractivity contribution in [2.75, 3.05) is 31.3 Å². The van der Waals surface area contributed by atoms with Crippen LogP contribution in [0.2, 0.25) is 0 Å². The maximum absolute atomic E-state index is 11.5. The summed E-state index contributed by atoms with van der Waals surface area (Å²) in [6.45, 7) is -1.59. The van der Waals surface area contributed by atoms with Gasteiger partial charge in [0.05, 0.1) is 19.3 Å². The number of alkyl halides is 3. The maximum Gasteiger partial charge on any atom is 0.411 e. The molecule has 0 amide bonds. The first-order chi connectivity index (χ1) is 6.45. The van der Waals surface area contributed by atoms with Crippen LogP contribution in [-0.4, -0.2) is 53.8 Å². The van der Waals surface area contributed by atoms with E-state index in [1.54, 1.807) is 0 Å². The Morgan fingerprint density at radius 1 is 1.36 bits per heavy atom. The predicted molar refractivity (Wildman–Crippen MR) is 47.3 cm³/mol. The zero-order chi connectivity index (χ0) is 11.0. The van der Waals surface area contributed by atoms with E-state index in [1.165, 1.54) is 11.8 Å². The molecule has 0 aliphatic heterocycles. The molecule has 1 atom stereocenters. The summed E-state index contributed by atoms with van der Waals surface area (Å²) >= 11 is 1.23. The largest absolute Gasteiger partial charge is 0.411 e. The van der Waals surface area contributed by atoms with Crippen LogP contribution in [0.3, 0.4) is 0 Å². The van der Waals surface area contributed by atoms with Crippen molar-refractivity contribution in [1.29, 1.82) is 0 Å². The fourth-order valence-corrected chi connectivity index (χ4v) is 1.36. The average Bonchev–Trinajstić information content (AvgIpc) is 2.08. The van der Waals surface area contributed by atoms with Crippen LogP contribution in [0.15, 0.2) is 0 Å². The first kappa shape index (κ1) is 14.0. The number of halogens is 3. The highest BCUT2D eigenvalue weighted by Crippen LogP contribution is 2.14. The van der Waals surface area contributed by atoms with Crippen molar-refractivity contribution in [2.45, 2.75) is 12.3 Å². The third-order valence-corrected chi connectivity index (χ3v) is 2.23. The molecule has 0 aromatic carbocycles. The van der Waals surface area contributed by atoms with Crippen LogP contribution >= 0.6 is 11.8 Å². The molecule has 0 spiro atoms. The Balaban J connectivity index is 3.14. The molecule has 0 aliphatic carbocycles. The van der Waals surface area contributed by atoms with Crippen molar-refractivity contribution in [2.24, 2.45) is 0 Å². The molecule has 86 valence electrons. The molecule has 0 heterocycles. The fourth-order valence-electron chi connectivity index (χ4n) is 0.578. The number of hydrogen-bond donors (Lipinski definition) is 2. The van der Waals surface area contributed by atoms with Crippen LogP contribution in [-0.2, 0) is 4.74 Å². The summed E-state index contributed by atoms with van der Waals surface area (Å²) in [6, 6.07) is 0. The molecule has 0 rings (SSSR count). The number of aliphatic hydroxyl groups excluding tert-OH is 2. The summed E-state index contributed by atoms with van der Waals surface area (Å²) < 4.78 is 39.0. The van der Waals surface area contributed by atoms with E-state index in [0.29, 0.717) is 11.5 Å². The molecule has 7 heteroatoms. The van der Waals surface area contributed by atoms with E-state index < -0.39 is 18.9 Å². The van der Waals surface area contributed by atoms with E-state index in [-0.39, 0.29) is 13.2 Å². The number of aliphatic hydroxyl groups is 2. The third-order valence-electron chi connectivity index (χ3n) is 1.16. The number of ether oxygens (including phenoxy) is 1. The van der Waals surface area contributed by atoms with Crippen LogP contribution < -0.4 is 0 Å². The van der Waals surface area contributed by atoms with Crippen LogP contribution in [0.1, 0.15) is 0 Å². The van der Waals surface area contributed by atoms with Gasteiger partial charge in [-0.05, 0) is 0 Å². The average molecular weight is 234 g/mol. The van der Waals surface area contributed by atoms with E-state index in [0.717, 1.165) is 0 Å². The van der Waals surface area contributed by atoms with E-state index >= 15 is 0 Å². The second kappa shape index (κ2) is 7.33. The molecule has 0 aliphatic rings. The lowest BCUT2D eigenvalue weighted by atomic mass is 10.4. The Bertz CT molecular complexity index is 143. The van der Waals surface area contributed by atoms with Crippen molar-refractivity contribution in [3.8, 4) is 0 Å². The molecule has 0 aromatic heterocycles. The van der Waals surface area contributed by atoms with Gasteiger partial charge in [0.2, 0.25) is 0 Å². The molecular formula is C7H13F3O3S. The second-order valence-corrected chi connectivity index (χ2v) is 3.73. The zero-order valence-electron chi connectivity index (χ0n) is 7.46. The lowest BCUT2D eigenvalue weighted by Crippen LogP contribution is -2.19. The van der Waals surface area contributed by atoms with Crippen molar-refractivity contribution in [3.05, 3.63) is 0 Å². The summed E-state index contributed by atoms with van der Waals surface area (Å²) in [7, 11) is 0. The second-order valence-electron chi connectivity index (χ2n) is 2.58. The first-order valence-corrected chi connectivity index (χ1v) is 5.12. The third kappa shape index (κ3) is 10.1. The quantitative estimate of drug-likeness (QED) is 0.635. The highest BCUT2D eigenvalue weighted by Gasteiger charge is 2.27. The molecule has 0 bridgehead atoms. The predicted octanol–water partition coefficient (Wildman–Crippen LogP) is 0.652. The highest BCUT2D eigenvalue weighted by atomic mass is 32.2. The molecule has 14 heavy (non-hydrogen) atoms. The Labute approximate surface area is 84.3 Å². The van der Waals surface area contributed by atoms with Gasteiger partial charge in [0.15, 0.2) is 0 Å². The van der Waals surface area contributed by atoms with Gasteiger partial charge in [-0.25, -0.2) is 0 Å². The topological polar surface area (TPSA) is 49.7 Å². The molecule has 0 fully saturated rings. The molecule has 0 radical (unpaired) electrons. The minimum Gasteiger partial charge on any atom is -0.394 e. The van der Waals surface area contributed by atoms with Gasteiger partial charge in [0.1, 0.15) is 6.61 Å². The summed E-state index contributed by atoms with van der Waals surface area (Å²) in [5, 5.41) is 17.3. The standard InChI is InChI=1S/C7H13F3O3S/c8-7(9,10)5-13-1-2-14-4-6(12)3-11/h6,11-12H,1-5H2. The van der Waals surface area contributed by atoms with Crippen LogP contribution in [0.4, 0.5) is 13.2 Å². The van der Waals surface area contributed by atoms with E-state index in [2.05, 4.69) is 4.74 Å². The number of rotatable bonds is 7. The van der Waals surface area contributed by atoms with Gasteiger partial charge in [-0.2, -0.15) is 24.9 Å². The Hall–Kier alpha value is 0.0200. The Morgan fingerprint density at radius 3 is 2.50 bits per heavy atom. The minimum atomic E-state index is -4.28. The Morgan fingerprint density at radius 2 is 2.00 bits per heavy atom. The van der Waals surface area contributed by atoms with E-state index in [9.17, 15) is 13.2 Å². The Kier molecular flexibility index (Phi) is 7.34. The van der Waals surface area contributed by atoms with Crippen molar-refractivity contribution in [1.82, 2.24) is 0 Å². The lowest BCUT2D eigenvalue weighted by Gasteiger charge is -2.08. The monoisotopic (exact) mass is 234 g/mol. The molecule has 1 unspecified atom stereocenters. The highest BCUT2D eigenvalue weighted by molar-refractivity contribution is 7.99. The minimum absolute atomic E-state index is 0.0116. The number of hydrogen-bond acceptors (Lipinski definition) is 4. The molecule has 0 saturated heterocycles. The van der Waals surface area contributed by atoms with Crippen molar-refractivity contribution >= 4 is 11.8 Å². The normalized spacial score (nSPS) is 14.4.